The zero-order chi connectivity index (χ0) is 17.0. The van der Waals surface area contributed by atoms with Crippen LogP contribution >= 0.6 is 11.8 Å². The Morgan fingerprint density at radius 2 is 1.92 bits per heavy atom. The van der Waals surface area contributed by atoms with E-state index in [-0.39, 0.29) is 11.4 Å². The maximum atomic E-state index is 12.6. The molecule has 6 rings (SSSR count). The van der Waals surface area contributed by atoms with E-state index < -0.39 is 0 Å². The number of aromatic amines is 1. The second kappa shape index (κ2) is 5.76. The van der Waals surface area contributed by atoms with E-state index in [1.54, 1.807) is 0 Å². The molecular weight excluding hydrogens is 330 g/mol. The molecule has 4 bridgehead atoms. The van der Waals surface area contributed by atoms with Crippen molar-refractivity contribution in [3.05, 3.63) is 23.8 Å². The lowest BCUT2D eigenvalue weighted by molar-refractivity contribution is -0.124. The van der Waals surface area contributed by atoms with Crippen LogP contribution in [-0.2, 0) is 4.79 Å². The van der Waals surface area contributed by atoms with Crippen molar-refractivity contribution in [3.8, 4) is 0 Å². The second-order valence-electron chi connectivity index (χ2n) is 8.60. The quantitative estimate of drug-likeness (QED) is 0.814. The van der Waals surface area contributed by atoms with E-state index in [0.717, 1.165) is 33.9 Å². The summed E-state index contributed by atoms with van der Waals surface area (Å²) in [5, 5.41) is 4.27. The number of imidazole rings is 1. The van der Waals surface area contributed by atoms with Gasteiger partial charge in [0.15, 0.2) is 5.16 Å². The van der Waals surface area contributed by atoms with Gasteiger partial charge in [-0.3, -0.25) is 4.79 Å². The van der Waals surface area contributed by atoms with E-state index in [4.69, 9.17) is 0 Å². The number of nitrogens with one attached hydrogen (secondary N) is 2. The van der Waals surface area contributed by atoms with Gasteiger partial charge in [-0.25, -0.2) is 4.98 Å². The third kappa shape index (κ3) is 2.97. The Kier molecular flexibility index (Phi) is 3.63. The first-order chi connectivity index (χ1) is 12.1. The summed E-state index contributed by atoms with van der Waals surface area (Å²) in [7, 11) is 0. The van der Waals surface area contributed by atoms with Crippen molar-refractivity contribution in [2.45, 2.75) is 56.1 Å². The minimum atomic E-state index is 0.109. The standard InChI is InChI=1S/C20H25N3OS/c1-12-2-3-16-17(4-12)22-19(21-16)25-11-18(24)23-20-8-13-5-14(9-20)7-15(6-13)10-20/h2-4,13-15H,5-11H2,1H3,(H,21,22)(H,23,24). The van der Waals surface area contributed by atoms with Gasteiger partial charge >= 0.3 is 0 Å². The fraction of sp³-hybridized carbons (Fsp3) is 0.600. The average Bonchev–Trinajstić information content (AvgIpc) is 2.93. The highest BCUT2D eigenvalue weighted by Gasteiger charge is 2.51. The smallest absolute Gasteiger partial charge is 0.230 e. The first kappa shape index (κ1) is 15.7. The summed E-state index contributed by atoms with van der Waals surface area (Å²) in [4.78, 5) is 20.5. The van der Waals surface area contributed by atoms with Crippen LogP contribution in [0.5, 0.6) is 0 Å². The van der Waals surface area contributed by atoms with Gasteiger partial charge in [0.05, 0.1) is 16.8 Å². The Morgan fingerprint density at radius 3 is 2.60 bits per heavy atom. The molecule has 2 N–H and O–H groups in total. The van der Waals surface area contributed by atoms with Crippen LogP contribution in [0.3, 0.4) is 0 Å². The van der Waals surface area contributed by atoms with Gasteiger partial charge in [-0.1, -0.05) is 17.8 Å². The average molecular weight is 356 g/mol. The molecule has 0 atom stereocenters. The molecule has 25 heavy (non-hydrogen) atoms. The highest BCUT2D eigenvalue weighted by atomic mass is 32.2. The predicted octanol–water partition coefficient (Wildman–Crippen LogP) is 4.05. The number of fused-ring (bicyclic) bond motifs is 1. The Balaban J connectivity index is 1.23. The van der Waals surface area contributed by atoms with Gasteiger partial charge in [0.25, 0.3) is 0 Å². The minimum Gasteiger partial charge on any atom is -0.350 e. The summed E-state index contributed by atoms with van der Waals surface area (Å²) in [5.74, 6) is 3.19. The molecule has 4 aliphatic rings. The van der Waals surface area contributed by atoms with E-state index in [2.05, 4.69) is 34.3 Å². The largest absolute Gasteiger partial charge is 0.350 e. The maximum Gasteiger partial charge on any atom is 0.230 e. The molecule has 1 heterocycles. The van der Waals surface area contributed by atoms with Crippen LogP contribution in [0.4, 0.5) is 0 Å². The number of nitrogens with zero attached hydrogens (tertiary/aromatic N) is 1. The predicted molar refractivity (Wildman–Crippen MR) is 101 cm³/mol. The minimum absolute atomic E-state index is 0.109. The van der Waals surface area contributed by atoms with Crippen molar-refractivity contribution in [3.63, 3.8) is 0 Å². The van der Waals surface area contributed by atoms with Crippen molar-refractivity contribution < 1.29 is 4.79 Å². The fourth-order valence-corrected chi connectivity index (χ4v) is 6.58. The molecule has 1 aromatic carbocycles. The van der Waals surface area contributed by atoms with Crippen molar-refractivity contribution in [2.24, 2.45) is 17.8 Å². The second-order valence-corrected chi connectivity index (χ2v) is 9.56. The molecule has 0 saturated heterocycles. The zero-order valence-electron chi connectivity index (χ0n) is 14.7. The highest BCUT2D eigenvalue weighted by molar-refractivity contribution is 7.99. The number of carbonyl (C=O) groups is 1. The summed E-state index contributed by atoms with van der Waals surface area (Å²) < 4.78 is 0. The Morgan fingerprint density at radius 1 is 1.24 bits per heavy atom. The third-order valence-corrected chi connectivity index (χ3v) is 7.27. The zero-order valence-corrected chi connectivity index (χ0v) is 15.5. The highest BCUT2D eigenvalue weighted by Crippen LogP contribution is 2.55. The number of hydrogen-bond donors (Lipinski definition) is 2. The molecule has 0 spiro atoms. The monoisotopic (exact) mass is 355 g/mol. The number of aromatic nitrogens is 2. The number of rotatable bonds is 4. The van der Waals surface area contributed by atoms with Gasteiger partial charge in [-0.05, 0) is 80.9 Å². The molecule has 0 radical (unpaired) electrons. The molecular formula is C20H25N3OS. The number of aryl methyl sites for hydroxylation is 1. The lowest BCUT2D eigenvalue weighted by Gasteiger charge is -2.56. The van der Waals surface area contributed by atoms with Crippen LogP contribution in [-0.4, -0.2) is 27.2 Å². The van der Waals surface area contributed by atoms with Crippen molar-refractivity contribution in [1.29, 1.82) is 0 Å². The van der Waals surface area contributed by atoms with Gasteiger partial charge in [0.2, 0.25) is 5.91 Å². The van der Waals surface area contributed by atoms with Crippen LogP contribution in [0.25, 0.3) is 11.0 Å². The molecule has 0 aliphatic heterocycles. The normalized spacial score (nSPS) is 33.1. The molecule has 132 valence electrons. The fourth-order valence-electron chi connectivity index (χ4n) is 5.90. The molecule has 4 fully saturated rings. The van der Waals surface area contributed by atoms with Gasteiger partial charge in [-0.2, -0.15) is 0 Å². The van der Waals surface area contributed by atoms with Crippen LogP contribution in [0.15, 0.2) is 23.4 Å². The number of thioether (sulfide) groups is 1. The number of hydrogen-bond acceptors (Lipinski definition) is 3. The van der Waals surface area contributed by atoms with Crippen LogP contribution in [0.2, 0.25) is 0 Å². The van der Waals surface area contributed by atoms with E-state index in [1.807, 2.05) is 6.07 Å². The number of amides is 1. The number of carbonyl (C=O) groups excluding carboxylic acids is 1. The topological polar surface area (TPSA) is 57.8 Å². The van der Waals surface area contributed by atoms with Crippen molar-refractivity contribution in [2.75, 3.05) is 5.75 Å². The van der Waals surface area contributed by atoms with E-state index in [1.165, 1.54) is 55.9 Å². The first-order valence-corrected chi connectivity index (χ1v) is 10.5. The first-order valence-electron chi connectivity index (χ1n) is 9.47. The van der Waals surface area contributed by atoms with Gasteiger partial charge in [0, 0.05) is 5.54 Å². The SMILES string of the molecule is Cc1ccc2nc(SCC(=O)NC34CC5CC(CC(C5)C3)C4)[nH]c2c1. The van der Waals surface area contributed by atoms with Gasteiger partial charge in [0.1, 0.15) is 0 Å². The van der Waals surface area contributed by atoms with Crippen LogP contribution in [0.1, 0.15) is 44.1 Å². The number of benzene rings is 1. The molecule has 5 heteroatoms. The van der Waals surface area contributed by atoms with Crippen molar-refractivity contribution in [1.82, 2.24) is 15.3 Å². The lowest BCUT2D eigenvalue weighted by atomic mass is 9.53. The summed E-state index contributed by atoms with van der Waals surface area (Å²) >= 11 is 1.51. The molecule has 4 saturated carbocycles. The molecule has 4 nitrogen and oxygen atoms in total. The Labute approximate surface area is 152 Å². The summed E-state index contributed by atoms with van der Waals surface area (Å²) in [6, 6.07) is 6.19. The molecule has 0 unspecified atom stereocenters. The van der Waals surface area contributed by atoms with Crippen molar-refractivity contribution >= 4 is 28.7 Å². The van der Waals surface area contributed by atoms with E-state index in [0.29, 0.717) is 5.75 Å². The molecule has 2 aromatic rings. The Bertz CT molecular complexity index is 792. The van der Waals surface area contributed by atoms with Crippen LogP contribution in [0, 0.1) is 24.7 Å². The van der Waals surface area contributed by atoms with E-state index in [9.17, 15) is 4.79 Å². The summed E-state index contributed by atoms with van der Waals surface area (Å²) in [6.45, 7) is 2.08. The van der Waals surface area contributed by atoms with Gasteiger partial charge < -0.3 is 10.3 Å². The maximum absolute atomic E-state index is 12.6. The Hall–Kier alpha value is -1.49. The summed E-state index contributed by atoms with van der Waals surface area (Å²) in [6.07, 6.45) is 7.84. The molecule has 4 aliphatic carbocycles. The molecule has 1 aromatic heterocycles. The summed E-state index contributed by atoms with van der Waals surface area (Å²) in [5.41, 5.74) is 3.34. The number of H-pyrrole nitrogens is 1. The van der Waals surface area contributed by atoms with Gasteiger partial charge in [-0.15, -0.1) is 0 Å². The third-order valence-electron chi connectivity index (χ3n) is 6.40. The van der Waals surface area contributed by atoms with E-state index >= 15 is 0 Å². The van der Waals surface area contributed by atoms with Crippen LogP contribution < -0.4 is 5.32 Å². The molecule has 1 amide bonds. The lowest BCUT2D eigenvalue weighted by Crippen LogP contribution is -2.60.